The summed E-state index contributed by atoms with van der Waals surface area (Å²) in [5.41, 5.74) is 3.27. The maximum absolute atomic E-state index is 12.9. The second kappa shape index (κ2) is 8.68. The Morgan fingerprint density at radius 2 is 1.74 bits per heavy atom. The van der Waals surface area contributed by atoms with Crippen LogP contribution in [-0.2, 0) is 0 Å². The molecule has 0 aliphatic carbocycles. The third-order valence-electron chi connectivity index (χ3n) is 4.99. The number of pyridine rings is 1. The standard InChI is InChI=1S/C24H16N8O2/c25-13-14-4-1-5-15(12-14)17-7-3-9-19(28-17)22(34)32-24-29-18-8-2-6-16(20(18)30-24)21(33)31-23-26-10-11-27-23/h1-12H,(H2,26,27,31,33)(H2,29,30,32,34). The quantitative estimate of drug-likeness (QED) is 0.321. The fourth-order valence-electron chi connectivity index (χ4n) is 3.42. The second-order valence-electron chi connectivity index (χ2n) is 7.23. The number of nitrogens with zero attached hydrogens (tertiary/aromatic N) is 4. The van der Waals surface area contributed by atoms with Crippen molar-refractivity contribution < 1.29 is 9.59 Å². The summed E-state index contributed by atoms with van der Waals surface area (Å²) in [6.45, 7) is 0. The van der Waals surface area contributed by atoms with Gasteiger partial charge in [-0.15, -0.1) is 0 Å². The molecule has 5 aromatic rings. The summed E-state index contributed by atoms with van der Waals surface area (Å²) in [5, 5.41) is 14.5. The van der Waals surface area contributed by atoms with Gasteiger partial charge in [0.2, 0.25) is 11.9 Å². The van der Waals surface area contributed by atoms with Gasteiger partial charge < -0.3 is 9.97 Å². The normalized spacial score (nSPS) is 10.6. The lowest BCUT2D eigenvalue weighted by atomic mass is 10.1. The van der Waals surface area contributed by atoms with Gasteiger partial charge in [0, 0.05) is 18.0 Å². The van der Waals surface area contributed by atoms with Gasteiger partial charge in [-0.05, 0) is 36.4 Å². The van der Waals surface area contributed by atoms with Gasteiger partial charge in [-0.1, -0.05) is 24.3 Å². The summed E-state index contributed by atoms with van der Waals surface area (Å²) in [4.78, 5) is 44.1. The van der Waals surface area contributed by atoms with E-state index in [4.69, 9.17) is 5.26 Å². The van der Waals surface area contributed by atoms with Crippen LogP contribution in [0.3, 0.4) is 0 Å². The summed E-state index contributed by atoms with van der Waals surface area (Å²) in [5.74, 6) is -0.368. The average molecular weight is 448 g/mol. The van der Waals surface area contributed by atoms with E-state index in [1.807, 2.05) is 6.07 Å². The number of aromatic nitrogens is 5. The molecule has 164 valence electrons. The maximum Gasteiger partial charge on any atom is 0.276 e. The number of carbonyl (C=O) groups is 2. The van der Waals surface area contributed by atoms with Crippen molar-refractivity contribution in [3.8, 4) is 17.3 Å². The van der Waals surface area contributed by atoms with Crippen LogP contribution in [0.4, 0.5) is 11.9 Å². The zero-order valence-corrected chi connectivity index (χ0v) is 17.5. The molecule has 0 saturated carbocycles. The van der Waals surface area contributed by atoms with Crippen LogP contribution in [-0.4, -0.2) is 36.7 Å². The molecule has 3 heterocycles. The number of carbonyl (C=O) groups excluding carboxylic acids is 2. The third-order valence-corrected chi connectivity index (χ3v) is 4.99. The molecule has 0 saturated heterocycles. The average Bonchev–Trinajstić information content (AvgIpc) is 3.53. The van der Waals surface area contributed by atoms with Crippen molar-refractivity contribution in [3.63, 3.8) is 0 Å². The predicted molar refractivity (Wildman–Crippen MR) is 125 cm³/mol. The fraction of sp³-hybridized carbons (Fsp3) is 0. The Kier molecular flexibility index (Phi) is 5.26. The number of hydrogen-bond acceptors (Lipinski definition) is 6. The lowest BCUT2D eigenvalue weighted by Gasteiger charge is -2.05. The minimum absolute atomic E-state index is 0.177. The number of aromatic amines is 2. The number of fused-ring (bicyclic) bond motifs is 1. The van der Waals surface area contributed by atoms with E-state index in [2.05, 4.69) is 41.6 Å². The highest BCUT2D eigenvalue weighted by Crippen LogP contribution is 2.21. The molecule has 0 atom stereocenters. The molecule has 0 bridgehead atoms. The first-order chi connectivity index (χ1) is 16.6. The van der Waals surface area contributed by atoms with Crippen molar-refractivity contribution in [3.05, 3.63) is 89.9 Å². The SMILES string of the molecule is N#Cc1cccc(-c2cccc(C(=O)Nc3nc4c(C(=O)Nc5ncc[nH]5)cccc4[nH]3)n2)c1. The molecule has 2 amide bonds. The van der Waals surface area contributed by atoms with Gasteiger partial charge in [0.1, 0.15) is 11.2 Å². The molecule has 3 aromatic heterocycles. The number of amides is 2. The number of rotatable bonds is 5. The van der Waals surface area contributed by atoms with Gasteiger partial charge in [-0.2, -0.15) is 5.26 Å². The summed E-state index contributed by atoms with van der Waals surface area (Å²) in [6.07, 6.45) is 3.13. The summed E-state index contributed by atoms with van der Waals surface area (Å²) < 4.78 is 0. The van der Waals surface area contributed by atoms with Crippen molar-refractivity contribution in [2.75, 3.05) is 10.6 Å². The molecular weight excluding hydrogens is 432 g/mol. The van der Waals surface area contributed by atoms with Gasteiger partial charge in [0.25, 0.3) is 11.8 Å². The van der Waals surface area contributed by atoms with E-state index in [1.165, 1.54) is 6.20 Å². The summed E-state index contributed by atoms with van der Waals surface area (Å²) in [7, 11) is 0. The highest BCUT2D eigenvalue weighted by Gasteiger charge is 2.17. The van der Waals surface area contributed by atoms with E-state index >= 15 is 0 Å². The van der Waals surface area contributed by atoms with Crippen LogP contribution in [0.1, 0.15) is 26.4 Å². The van der Waals surface area contributed by atoms with Gasteiger partial charge in [-0.25, -0.2) is 15.0 Å². The topological polar surface area (TPSA) is 152 Å². The number of anilines is 2. The molecule has 0 unspecified atom stereocenters. The fourth-order valence-corrected chi connectivity index (χ4v) is 3.42. The van der Waals surface area contributed by atoms with Crippen molar-refractivity contribution >= 4 is 34.7 Å². The van der Waals surface area contributed by atoms with Crippen LogP contribution in [0.25, 0.3) is 22.3 Å². The van der Waals surface area contributed by atoms with E-state index in [0.717, 1.165) is 5.56 Å². The van der Waals surface area contributed by atoms with Crippen LogP contribution >= 0.6 is 0 Å². The highest BCUT2D eigenvalue weighted by atomic mass is 16.2. The maximum atomic E-state index is 12.9. The number of nitriles is 1. The Labute approximate surface area is 192 Å². The Bertz CT molecular complexity index is 1560. The summed E-state index contributed by atoms with van der Waals surface area (Å²) in [6, 6.07) is 19.2. The van der Waals surface area contributed by atoms with E-state index < -0.39 is 5.91 Å². The van der Waals surface area contributed by atoms with Crippen molar-refractivity contribution in [2.45, 2.75) is 0 Å². The van der Waals surface area contributed by atoms with Crippen LogP contribution < -0.4 is 10.6 Å². The van der Waals surface area contributed by atoms with Crippen molar-refractivity contribution in [2.24, 2.45) is 0 Å². The first-order valence-corrected chi connectivity index (χ1v) is 10.2. The van der Waals surface area contributed by atoms with Crippen LogP contribution in [0, 0.1) is 11.3 Å². The molecule has 0 spiro atoms. The summed E-state index contributed by atoms with van der Waals surface area (Å²) >= 11 is 0. The Balaban J connectivity index is 1.39. The Hall–Kier alpha value is -5.30. The molecule has 0 fully saturated rings. The number of hydrogen-bond donors (Lipinski definition) is 4. The first-order valence-electron chi connectivity index (χ1n) is 10.2. The number of nitrogens with one attached hydrogen (secondary N) is 4. The lowest BCUT2D eigenvalue weighted by molar-refractivity contribution is 0.101. The molecule has 34 heavy (non-hydrogen) atoms. The first kappa shape index (κ1) is 20.6. The minimum Gasteiger partial charge on any atom is -0.331 e. The molecule has 2 aromatic carbocycles. The molecule has 10 heteroatoms. The molecule has 10 nitrogen and oxygen atoms in total. The second-order valence-corrected chi connectivity index (χ2v) is 7.23. The van der Waals surface area contributed by atoms with Crippen LogP contribution in [0.2, 0.25) is 0 Å². The molecule has 4 N–H and O–H groups in total. The third kappa shape index (κ3) is 4.09. The van der Waals surface area contributed by atoms with Crippen LogP contribution in [0.5, 0.6) is 0 Å². The van der Waals surface area contributed by atoms with E-state index in [0.29, 0.717) is 33.8 Å². The molecule has 0 aliphatic heterocycles. The Morgan fingerprint density at radius 3 is 2.56 bits per heavy atom. The predicted octanol–water partition coefficient (Wildman–Crippen LogP) is 3.72. The number of H-pyrrole nitrogens is 2. The minimum atomic E-state index is -0.473. The lowest BCUT2D eigenvalue weighted by Crippen LogP contribution is -2.15. The van der Waals surface area contributed by atoms with Gasteiger partial charge >= 0.3 is 0 Å². The van der Waals surface area contributed by atoms with Gasteiger partial charge in [0.15, 0.2) is 0 Å². The van der Waals surface area contributed by atoms with Crippen molar-refractivity contribution in [1.82, 2.24) is 24.9 Å². The van der Waals surface area contributed by atoms with Crippen LogP contribution in [0.15, 0.2) is 73.1 Å². The Morgan fingerprint density at radius 1 is 0.912 bits per heavy atom. The van der Waals surface area contributed by atoms with E-state index in [1.54, 1.807) is 60.8 Å². The monoisotopic (exact) mass is 448 g/mol. The zero-order chi connectivity index (χ0) is 23.5. The zero-order valence-electron chi connectivity index (χ0n) is 17.5. The van der Waals surface area contributed by atoms with E-state index in [9.17, 15) is 9.59 Å². The van der Waals surface area contributed by atoms with E-state index in [-0.39, 0.29) is 17.5 Å². The largest absolute Gasteiger partial charge is 0.331 e. The van der Waals surface area contributed by atoms with Gasteiger partial charge in [0.05, 0.1) is 28.4 Å². The number of benzene rings is 2. The smallest absolute Gasteiger partial charge is 0.276 e. The van der Waals surface area contributed by atoms with Gasteiger partial charge in [-0.3, -0.25) is 20.2 Å². The number of para-hydroxylation sites is 1. The molecular formula is C24H16N8O2. The highest BCUT2D eigenvalue weighted by molar-refractivity contribution is 6.11. The molecule has 0 aliphatic rings. The molecule has 5 rings (SSSR count). The molecule has 0 radical (unpaired) electrons. The number of imidazole rings is 2. The van der Waals surface area contributed by atoms with Crippen molar-refractivity contribution in [1.29, 1.82) is 5.26 Å².